The Bertz CT molecular complexity index is 671. The number of nitrogens with one attached hydrogen (secondary N) is 1. The number of H-pyrrole nitrogens is 1. The smallest absolute Gasteiger partial charge is 0.0694 e. The third-order valence-corrected chi connectivity index (χ3v) is 4.71. The van der Waals surface area contributed by atoms with Crippen LogP contribution >= 0.6 is 0 Å². The zero-order valence-corrected chi connectivity index (χ0v) is 16.4. The highest BCUT2D eigenvalue weighted by Crippen LogP contribution is 2.21. The Kier molecular flexibility index (Phi) is 8.81. The van der Waals surface area contributed by atoms with Crippen LogP contribution in [0.4, 0.5) is 0 Å². The lowest BCUT2D eigenvalue weighted by molar-refractivity contribution is 0.492. The van der Waals surface area contributed by atoms with Crippen molar-refractivity contribution >= 4 is 11.8 Å². The molecule has 1 atom stereocenters. The number of allylic oxidation sites excluding steroid dienone is 1. The summed E-state index contributed by atoms with van der Waals surface area (Å²) in [5.74, 6) is 0.954. The van der Waals surface area contributed by atoms with E-state index in [1.54, 1.807) is 12.4 Å². The molecule has 1 aliphatic heterocycles. The first-order chi connectivity index (χ1) is 12.7. The topological polar surface area (TPSA) is 53.9 Å². The number of pyridine rings is 1. The summed E-state index contributed by atoms with van der Waals surface area (Å²) < 4.78 is 0. The van der Waals surface area contributed by atoms with Crippen molar-refractivity contribution in [1.82, 2.24) is 15.2 Å². The monoisotopic (exact) mass is 352 g/mol. The summed E-state index contributed by atoms with van der Waals surface area (Å²) in [6.07, 6.45) is 15.2. The highest BCUT2D eigenvalue weighted by atomic mass is 15.1. The average Bonchev–Trinajstić information content (AvgIpc) is 3.21. The largest absolute Gasteiger partial charge is 0.284 e. The summed E-state index contributed by atoms with van der Waals surface area (Å²) in [5, 5.41) is 6.92. The second-order valence-electron chi connectivity index (χ2n) is 6.91. The molecule has 0 spiro atoms. The van der Waals surface area contributed by atoms with E-state index in [4.69, 9.17) is 0 Å². The van der Waals surface area contributed by atoms with Gasteiger partial charge < -0.3 is 0 Å². The summed E-state index contributed by atoms with van der Waals surface area (Å²) in [6, 6.07) is 5.96. The standard InChI is InChI=1S/C14H14N4.C8H18/c1-4-12(10-15-6-1)14-11(3-2-7-16-14)9-13-5-8-17-18-13;1-4-6-7-8(3)5-2/h1,4-6,8-10H,2-3,7H2,(H,17,18);8H,4-7H2,1-3H3/b11-9+;. The number of hydrogen-bond acceptors (Lipinski definition) is 3. The number of aromatic nitrogens is 3. The van der Waals surface area contributed by atoms with Gasteiger partial charge >= 0.3 is 0 Å². The van der Waals surface area contributed by atoms with Crippen LogP contribution in [-0.2, 0) is 0 Å². The van der Waals surface area contributed by atoms with Gasteiger partial charge in [-0.25, -0.2) is 0 Å². The van der Waals surface area contributed by atoms with Crippen molar-refractivity contribution in [1.29, 1.82) is 0 Å². The van der Waals surface area contributed by atoms with Crippen LogP contribution in [0.2, 0.25) is 0 Å². The minimum absolute atomic E-state index is 0.893. The summed E-state index contributed by atoms with van der Waals surface area (Å²) >= 11 is 0. The molecule has 3 rings (SSSR count). The SMILES string of the molecule is C(=C1/CCCN=C1c1cccnc1)/c1ccn[nH]1.CCCCC(C)CC. The fourth-order valence-corrected chi connectivity index (χ4v) is 2.89. The first-order valence-electron chi connectivity index (χ1n) is 9.89. The Balaban J connectivity index is 0.000000260. The molecule has 2 aromatic heterocycles. The molecule has 1 aliphatic rings. The van der Waals surface area contributed by atoms with Gasteiger partial charge in [-0.3, -0.25) is 15.1 Å². The molecular formula is C22H32N4. The van der Waals surface area contributed by atoms with Gasteiger partial charge in [0, 0.05) is 30.7 Å². The maximum absolute atomic E-state index is 4.64. The van der Waals surface area contributed by atoms with Gasteiger partial charge in [-0.2, -0.15) is 5.10 Å². The average molecular weight is 353 g/mol. The lowest BCUT2D eigenvalue weighted by Crippen LogP contribution is -2.11. The molecule has 3 heterocycles. The lowest BCUT2D eigenvalue weighted by atomic mass is 9.96. The predicted octanol–water partition coefficient (Wildman–Crippen LogP) is 5.69. The Labute approximate surface area is 157 Å². The van der Waals surface area contributed by atoms with Gasteiger partial charge in [-0.05, 0) is 48.6 Å². The van der Waals surface area contributed by atoms with Crippen molar-refractivity contribution in [2.75, 3.05) is 6.54 Å². The van der Waals surface area contributed by atoms with Crippen LogP contribution in [0, 0.1) is 5.92 Å². The fourth-order valence-electron chi connectivity index (χ4n) is 2.89. The summed E-state index contributed by atoms with van der Waals surface area (Å²) in [6.45, 7) is 7.74. The van der Waals surface area contributed by atoms with E-state index in [9.17, 15) is 0 Å². The lowest BCUT2D eigenvalue weighted by Gasteiger charge is -2.15. The maximum atomic E-state index is 4.64. The number of hydrogen-bond donors (Lipinski definition) is 1. The van der Waals surface area contributed by atoms with E-state index >= 15 is 0 Å². The van der Waals surface area contributed by atoms with Gasteiger partial charge in [-0.1, -0.05) is 46.5 Å². The normalized spacial score (nSPS) is 16.6. The summed E-state index contributed by atoms with van der Waals surface area (Å²) in [5.41, 5.74) is 4.41. The molecule has 4 heteroatoms. The predicted molar refractivity (Wildman–Crippen MR) is 110 cm³/mol. The number of aliphatic imine (C=N–C) groups is 1. The minimum Gasteiger partial charge on any atom is -0.284 e. The van der Waals surface area contributed by atoms with Crippen molar-refractivity contribution in [2.45, 2.75) is 59.3 Å². The van der Waals surface area contributed by atoms with Gasteiger partial charge in [0.15, 0.2) is 0 Å². The highest BCUT2D eigenvalue weighted by Gasteiger charge is 2.14. The molecule has 0 saturated heterocycles. The quantitative estimate of drug-likeness (QED) is 0.725. The molecular weight excluding hydrogens is 320 g/mol. The van der Waals surface area contributed by atoms with E-state index in [0.717, 1.165) is 42.3 Å². The first kappa shape index (κ1) is 20.1. The van der Waals surface area contributed by atoms with E-state index in [1.165, 1.54) is 31.3 Å². The van der Waals surface area contributed by atoms with Crippen LogP contribution in [0.1, 0.15) is 70.6 Å². The second-order valence-corrected chi connectivity index (χ2v) is 6.91. The Hall–Kier alpha value is -2.23. The highest BCUT2D eigenvalue weighted by molar-refractivity contribution is 6.15. The van der Waals surface area contributed by atoms with E-state index in [-0.39, 0.29) is 0 Å². The Morgan fingerprint density at radius 2 is 2.12 bits per heavy atom. The van der Waals surface area contributed by atoms with Gasteiger partial charge in [0.05, 0.1) is 11.4 Å². The zero-order valence-electron chi connectivity index (χ0n) is 16.4. The molecule has 140 valence electrons. The molecule has 0 aliphatic carbocycles. The van der Waals surface area contributed by atoms with Gasteiger partial charge in [0.2, 0.25) is 0 Å². The van der Waals surface area contributed by atoms with Crippen LogP contribution in [0.3, 0.4) is 0 Å². The Morgan fingerprint density at radius 1 is 1.23 bits per heavy atom. The van der Waals surface area contributed by atoms with Crippen LogP contribution in [-0.4, -0.2) is 27.4 Å². The van der Waals surface area contributed by atoms with Crippen LogP contribution in [0.5, 0.6) is 0 Å². The summed E-state index contributed by atoms with van der Waals surface area (Å²) in [7, 11) is 0. The first-order valence-corrected chi connectivity index (χ1v) is 9.89. The van der Waals surface area contributed by atoms with Gasteiger partial charge in [-0.15, -0.1) is 0 Å². The van der Waals surface area contributed by atoms with E-state index in [2.05, 4.69) is 53.1 Å². The van der Waals surface area contributed by atoms with Gasteiger partial charge in [0.25, 0.3) is 0 Å². The number of unbranched alkanes of at least 4 members (excludes halogenated alkanes) is 1. The third kappa shape index (κ3) is 6.58. The number of rotatable bonds is 6. The molecule has 0 bridgehead atoms. The van der Waals surface area contributed by atoms with E-state index < -0.39 is 0 Å². The molecule has 4 nitrogen and oxygen atoms in total. The Morgan fingerprint density at radius 3 is 2.77 bits per heavy atom. The van der Waals surface area contributed by atoms with Crippen LogP contribution in [0.15, 0.2) is 47.4 Å². The summed E-state index contributed by atoms with van der Waals surface area (Å²) in [4.78, 5) is 8.80. The van der Waals surface area contributed by atoms with Crippen LogP contribution < -0.4 is 0 Å². The molecule has 1 N–H and O–H groups in total. The van der Waals surface area contributed by atoms with Gasteiger partial charge in [0.1, 0.15) is 0 Å². The van der Waals surface area contributed by atoms with Crippen molar-refractivity contribution in [3.05, 3.63) is 53.6 Å². The second kappa shape index (κ2) is 11.4. The molecule has 0 saturated carbocycles. The van der Waals surface area contributed by atoms with Crippen LogP contribution in [0.25, 0.3) is 6.08 Å². The van der Waals surface area contributed by atoms with Crippen molar-refractivity contribution in [2.24, 2.45) is 10.9 Å². The van der Waals surface area contributed by atoms with Crippen molar-refractivity contribution in [3.63, 3.8) is 0 Å². The molecule has 2 aromatic rings. The molecule has 26 heavy (non-hydrogen) atoms. The van der Waals surface area contributed by atoms with E-state index in [1.807, 2.05) is 18.3 Å². The van der Waals surface area contributed by atoms with Crippen molar-refractivity contribution in [3.8, 4) is 0 Å². The van der Waals surface area contributed by atoms with Crippen molar-refractivity contribution < 1.29 is 0 Å². The maximum Gasteiger partial charge on any atom is 0.0694 e. The zero-order chi connectivity index (χ0) is 18.6. The molecule has 1 unspecified atom stereocenters. The number of aromatic amines is 1. The molecule has 0 amide bonds. The molecule has 0 aromatic carbocycles. The molecule has 0 fully saturated rings. The number of nitrogens with zero attached hydrogens (tertiary/aromatic N) is 3. The minimum atomic E-state index is 0.893. The third-order valence-electron chi connectivity index (χ3n) is 4.71. The molecule has 0 radical (unpaired) electrons. The van der Waals surface area contributed by atoms with E-state index in [0.29, 0.717) is 0 Å². The fraction of sp³-hybridized carbons (Fsp3) is 0.500.